The van der Waals surface area contributed by atoms with Crippen LogP contribution in [0, 0.1) is 6.92 Å². The zero-order valence-corrected chi connectivity index (χ0v) is 14.8. The van der Waals surface area contributed by atoms with E-state index < -0.39 is 0 Å². The van der Waals surface area contributed by atoms with Gasteiger partial charge >= 0.3 is 0 Å². The van der Waals surface area contributed by atoms with Crippen molar-refractivity contribution in [2.45, 2.75) is 32.7 Å². The van der Waals surface area contributed by atoms with Gasteiger partial charge in [-0.3, -0.25) is 0 Å². The molecule has 0 saturated carbocycles. The van der Waals surface area contributed by atoms with Gasteiger partial charge in [0.25, 0.3) is 0 Å². The first-order chi connectivity index (χ1) is 9.58. The SMILES string of the molecule is CCNC(Cc1nc(C)cs1)Cc1ccc(Br)cc1Cl. The highest BCUT2D eigenvalue weighted by Crippen LogP contribution is 2.23. The van der Waals surface area contributed by atoms with Gasteiger partial charge in [-0.05, 0) is 37.6 Å². The van der Waals surface area contributed by atoms with E-state index in [4.69, 9.17) is 11.6 Å². The number of nitrogens with zero attached hydrogens (tertiary/aromatic N) is 1. The van der Waals surface area contributed by atoms with E-state index in [-0.39, 0.29) is 0 Å². The Morgan fingerprint density at radius 1 is 1.40 bits per heavy atom. The smallest absolute Gasteiger partial charge is 0.0943 e. The molecule has 0 radical (unpaired) electrons. The summed E-state index contributed by atoms with van der Waals surface area (Å²) in [7, 11) is 0. The summed E-state index contributed by atoms with van der Waals surface area (Å²) in [6.07, 6.45) is 1.86. The first-order valence-corrected chi connectivity index (χ1v) is 8.72. The second kappa shape index (κ2) is 7.55. The number of likely N-dealkylation sites (N-methyl/N-ethyl adjacent to an activating group) is 1. The number of hydrogen-bond donors (Lipinski definition) is 1. The van der Waals surface area contributed by atoms with Crippen LogP contribution in [0.15, 0.2) is 28.1 Å². The molecular formula is C15H18BrClN2S. The summed E-state index contributed by atoms with van der Waals surface area (Å²) in [5.74, 6) is 0. The van der Waals surface area contributed by atoms with Gasteiger partial charge in [-0.25, -0.2) is 4.98 Å². The molecule has 1 atom stereocenters. The molecule has 0 saturated heterocycles. The molecule has 0 aliphatic rings. The summed E-state index contributed by atoms with van der Waals surface area (Å²) >= 11 is 11.5. The number of aryl methyl sites for hydroxylation is 1. The van der Waals surface area contributed by atoms with Crippen molar-refractivity contribution < 1.29 is 0 Å². The molecule has 1 heterocycles. The Balaban J connectivity index is 2.08. The lowest BCUT2D eigenvalue weighted by molar-refractivity contribution is 0.520. The van der Waals surface area contributed by atoms with E-state index in [0.29, 0.717) is 6.04 Å². The van der Waals surface area contributed by atoms with Gasteiger partial charge in [-0.2, -0.15) is 0 Å². The van der Waals surface area contributed by atoms with Gasteiger partial charge in [0.2, 0.25) is 0 Å². The number of benzene rings is 1. The lowest BCUT2D eigenvalue weighted by Crippen LogP contribution is -2.33. The molecule has 2 aromatic rings. The van der Waals surface area contributed by atoms with E-state index in [2.05, 4.69) is 44.6 Å². The Morgan fingerprint density at radius 2 is 2.20 bits per heavy atom. The van der Waals surface area contributed by atoms with E-state index in [1.807, 2.05) is 19.1 Å². The molecule has 0 fully saturated rings. The van der Waals surface area contributed by atoms with E-state index in [1.54, 1.807) is 11.3 Å². The Hall–Kier alpha value is -0.420. The molecule has 2 nitrogen and oxygen atoms in total. The third-order valence-corrected chi connectivity index (χ3v) is 4.90. The molecule has 5 heteroatoms. The number of aromatic nitrogens is 1. The quantitative estimate of drug-likeness (QED) is 0.798. The van der Waals surface area contributed by atoms with Crippen molar-refractivity contribution in [2.24, 2.45) is 0 Å². The Labute approximate surface area is 137 Å². The van der Waals surface area contributed by atoms with Crippen LogP contribution in [0.1, 0.15) is 23.2 Å². The zero-order valence-electron chi connectivity index (χ0n) is 11.6. The third-order valence-electron chi connectivity index (χ3n) is 3.06. The molecule has 0 aliphatic heterocycles. The van der Waals surface area contributed by atoms with Crippen LogP contribution in [-0.4, -0.2) is 17.6 Å². The summed E-state index contributed by atoms with van der Waals surface area (Å²) < 4.78 is 1.02. The minimum Gasteiger partial charge on any atom is -0.314 e. The monoisotopic (exact) mass is 372 g/mol. The van der Waals surface area contributed by atoms with Crippen molar-refractivity contribution in [2.75, 3.05) is 6.54 Å². The van der Waals surface area contributed by atoms with Crippen molar-refractivity contribution in [3.05, 3.63) is 49.3 Å². The molecule has 0 bridgehead atoms. The molecule has 0 aliphatic carbocycles. The summed E-state index contributed by atoms with van der Waals surface area (Å²) in [6, 6.07) is 6.44. The van der Waals surface area contributed by atoms with Crippen LogP contribution in [0.4, 0.5) is 0 Å². The minimum absolute atomic E-state index is 0.365. The maximum Gasteiger partial charge on any atom is 0.0943 e. The fourth-order valence-electron chi connectivity index (χ4n) is 2.17. The van der Waals surface area contributed by atoms with Crippen LogP contribution in [0.25, 0.3) is 0 Å². The second-order valence-electron chi connectivity index (χ2n) is 4.78. The van der Waals surface area contributed by atoms with Gasteiger partial charge < -0.3 is 5.32 Å². The third kappa shape index (κ3) is 4.55. The van der Waals surface area contributed by atoms with E-state index in [1.165, 1.54) is 10.6 Å². The molecule has 1 aromatic heterocycles. The number of rotatable bonds is 6. The predicted molar refractivity (Wildman–Crippen MR) is 90.9 cm³/mol. The first-order valence-electron chi connectivity index (χ1n) is 6.66. The van der Waals surface area contributed by atoms with Crippen molar-refractivity contribution in [1.29, 1.82) is 0 Å². The van der Waals surface area contributed by atoms with E-state index in [0.717, 1.165) is 34.6 Å². The molecule has 0 spiro atoms. The fraction of sp³-hybridized carbons (Fsp3) is 0.400. The Kier molecular flexibility index (Phi) is 6.02. The average molecular weight is 374 g/mol. The van der Waals surface area contributed by atoms with Crippen LogP contribution in [0.2, 0.25) is 5.02 Å². The van der Waals surface area contributed by atoms with Gasteiger partial charge in [-0.15, -0.1) is 11.3 Å². The standard InChI is InChI=1S/C15H18BrClN2S/c1-3-18-13(8-15-19-10(2)9-20-15)6-11-4-5-12(16)7-14(11)17/h4-5,7,9,13,18H,3,6,8H2,1-2H3. The number of halogens is 2. The lowest BCUT2D eigenvalue weighted by Gasteiger charge is -2.17. The average Bonchev–Trinajstić information content (AvgIpc) is 2.78. The summed E-state index contributed by atoms with van der Waals surface area (Å²) in [6.45, 7) is 5.11. The first kappa shape index (κ1) is 16.0. The Bertz CT molecular complexity index is 571. The van der Waals surface area contributed by atoms with Gasteiger partial charge in [-0.1, -0.05) is 40.5 Å². The molecule has 1 N–H and O–H groups in total. The maximum atomic E-state index is 6.31. The topological polar surface area (TPSA) is 24.9 Å². The van der Waals surface area contributed by atoms with Crippen molar-refractivity contribution in [1.82, 2.24) is 10.3 Å². The summed E-state index contributed by atoms with van der Waals surface area (Å²) in [5.41, 5.74) is 2.27. The molecule has 1 unspecified atom stereocenters. The molecule has 20 heavy (non-hydrogen) atoms. The van der Waals surface area contributed by atoms with Crippen LogP contribution in [0.5, 0.6) is 0 Å². The molecular weight excluding hydrogens is 356 g/mol. The lowest BCUT2D eigenvalue weighted by atomic mass is 10.0. The maximum absolute atomic E-state index is 6.31. The van der Waals surface area contributed by atoms with Crippen LogP contribution in [-0.2, 0) is 12.8 Å². The molecule has 1 aromatic carbocycles. The van der Waals surface area contributed by atoms with Crippen molar-refractivity contribution in [3.63, 3.8) is 0 Å². The Morgan fingerprint density at radius 3 is 2.80 bits per heavy atom. The van der Waals surface area contributed by atoms with Crippen LogP contribution in [0.3, 0.4) is 0 Å². The van der Waals surface area contributed by atoms with Gasteiger partial charge in [0.15, 0.2) is 0 Å². The van der Waals surface area contributed by atoms with E-state index in [9.17, 15) is 0 Å². The minimum atomic E-state index is 0.365. The van der Waals surface area contributed by atoms with Crippen molar-refractivity contribution in [3.8, 4) is 0 Å². The number of hydrogen-bond acceptors (Lipinski definition) is 3. The second-order valence-corrected chi connectivity index (χ2v) is 7.05. The molecule has 0 amide bonds. The number of thiazole rings is 1. The van der Waals surface area contributed by atoms with Gasteiger partial charge in [0.1, 0.15) is 0 Å². The van der Waals surface area contributed by atoms with Crippen molar-refractivity contribution >= 4 is 38.9 Å². The highest BCUT2D eigenvalue weighted by atomic mass is 79.9. The van der Waals surface area contributed by atoms with Gasteiger partial charge in [0.05, 0.1) is 5.01 Å². The molecule has 108 valence electrons. The van der Waals surface area contributed by atoms with Crippen LogP contribution >= 0.6 is 38.9 Å². The predicted octanol–water partition coefficient (Wildman–Crippen LogP) is 4.63. The molecule has 2 rings (SSSR count). The summed E-state index contributed by atoms with van der Waals surface area (Å²) in [4.78, 5) is 4.55. The van der Waals surface area contributed by atoms with Crippen LogP contribution < -0.4 is 5.32 Å². The zero-order chi connectivity index (χ0) is 14.5. The summed E-state index contributed by atoms with van der Waals surface area (Å²) in [5, 5.41) is 7.63. The fourth-order valence-corrected chi connectivity index (χ4v) is 3.77. The van der Waals surface area contributed by atoms with E-state index >= 15 is 0 Å². The normalized spacial score (nSPS) is 12.6. The highest BCUT2D eigenvalue weighted by Gasteiger charge is 2.13. The highest BCUT2D eigenvalue weighted by molar-refractivity contribution is 9.10. The largest absolute Gasteiger partial charge is 0.314 e. The van der Waals surface area contributed by atoms with Gasteiger partial charge in [0, 0.05) is 33.0 Å². The number of nitrogens with one attached hydrogen (secondary N) is 1.